The zero-order chi connectivity index (χ0) is 30.7. The van der Waals surface area contributed by atoms with E-state index in [1.165, 1.54) is 31.4 Å². The van der Waals surface area contributed by atoms with E-state index in [9.17, 15) is 4.79 Å². The number of hydrogen-bond acceptors (Lipinski definition) is 5. The van der Waals surface area contributed by atoms with Gasteiger partial charge in [0.05, 0.1) is 25.7 Å². The number of methoxy groups -OCH3 is 1. The van der Waals surface area contributed by atoms with E-state index in [0.29, 0.717) is 28.5 Å². The summed E-state index contributed by atoms with van der Waals surface area (Å²) in [6.45, 7) is 8.26. The molecule has 0 spiro atoms. The van der Waals surface area contributed by atoms with Gasteiger partial charge in [-0.25, -0.2) is 0 Å². The Hall–Kier alpha value is -3.22. The van der Waals surface area contributed by atoms with Crippen molar-refractivity contribution in [2.45, 2.75) is 71.1 Å². The van der Waals surface area contributed by atoms with Crippen molar-refractivity contribution >= 4 is 28.9 Å². The summed E-state index contributed by atoms with van der Waals surface area (Å²) in [5.41, 5.74) is 5.06. The first-order chi connectivity index (χ1) is 20.7. The van der Waals surface area contributed by atoms with Crippen molar-refractivity contribution < 1.29 is 14.3 Å². The highest BCUT2D eigenvalue weighted by Crippen LogP contribution is 2.44. The molecule has 1 aliphatic carbocycles. The van der Waals surface area contributed by atoms with Crippen LogP contribution in [0.1, 0.15) is 69.2 Å². The van der Waals surface area contributed by atoms with Gasteiger partial charge >= 0.3 is 0 Å². The number of hydrogen-bond donors (Lipinski definition) is 0. The lowest BCUT2D eigenvalue weighted by molar-refractivity contribution is -0.118. The highest BCUT2D eigenvalue weighted by molar-refractivity contribution is 6.30. The first-order valence-electron chi connectivity index (χ1n) is 15.6. The smallest absolute Gasteiger partial charge is 0.232 e. The topological polar surface area (TPSA) is 45.2 Å². The van der Waals surface area contributed by atoms with Gasteiger partial charge < -0.3 is 24.2 Å². The second-order valence-corrected chi connectivity index (χ2v) is 12.9. The lowest BCUT2D eigenvalue weighted by Gasteiger charge is -2.38. The lowest BCUT2D eigenvalue weighted by Crippen LogP contribution is -2.41. The van der Waals surface area contributed by atoms with E-state index in [2.05, 4.69) is 55.1 Å². The minimum absolute atomic E-state index is 0.0145. The quantitative estimate of drug-likeness (QED) is 0.237. The molecule has 0 bridgehead atoms. The molecular weight excluding hydrogens is 558 g/mol. The number of rotatable bonds is 10. The van der Waals surface area contributed by atoms with Crippen LogP contribution >= 0.6 is 11.6 Å². The molecule has 230 valence electrons. The van der Waals surface area contributed by atoms with Gasteiger partial charge in [0.25, 0.3) is 0 Å². The number of anilines is 2. The van der Waals surface area contributed by atoms with E-state index in [1.54, 1.807) is 7.11 Å². The predicted octanol–water partition coefficient (Wildman–Crippen LogP) is 7.76. The molecule has 3 aromatic carbocycles. The third kappa shape index (κ3) is 6.97. The van der Waals surface area contributed by atoms with Crippen LogP contribution in [0.25, 0.3) is 0 Å². The van der Waals surface area contributed by atoms with Crippen LogP contribution in [0.5, 0.6) is 11.5 Å². The fourth-order valence-corrected chi connectivity index (χ4v) is 6.85. The number of fused-ring (bicyclic) bond motifs is 1. The molecule has 6 nitrogen and oxygen atoms in total. The average Bonchev–Trinajstić information content (AvgIpc) is 3.00. The summed E-state index contributed by atoms with van der Waals surface area (Å²) < 4.78 is 11.8. The zero-order valence-electron chi connectivity index (χ0n) is 26.5. The standard InChI is InChI=1S/C36H46ClN3O3/c1-7-39(23-25-8-14-29(15-9-25)38(4)5)30-16-18-31(19-17-30)40-35(41)21-27-20-33(42-6)34(43-24(2)3)22-32(27)36(40)26-10-12-28(37)13-11-26/h10-13,16-20,22,24-25,29,36H,7-9,14-15,21,23H2,1-6H3/t25-,29-,36-/m0/s1. The second kappa shape index (κ2) is 13.6. The van der Waals surface area contributed by atoms with Gasteiger partial charge in [-0.1, -0.05) is 23.7 Å². The van der Waals surface area contributed by atoms with E-state index >= 15 is 0 Å². The number of nitrogens with zero attached hydrogens (tertiary/aromatic N) is 3. The van der Waals surface area contributed by atoms with Crippen LogP contribution in [0, 0.1) is 5.92 Å². The zero-order valence-corrected chi connectivity index (χ0v) is 27.2. The Morgan fingerprint density at radius 1 is 0.953 bits per heavy atom. The molecule has 0 radical (unpaired) electrons. The van der Waals surface area contributed by atoms with Crippen LogP contribution in [0.15, 0.2) is 60.7 Å². The largest absolute Gasteiger partial charge is 0.493 e. The fourth-order valence-electron chi connectivity index (χ4n) is 6.73. The lowest BCUT2D eigenvalue weighted by atomic mass is 9.85. The number of benzene rings is 3. The highest BCUT2D eigenvalue weighted by Gasteiger charge is 2.36. The maximum absolute atomic E-state index is 13.9. The van der Waals surface area contributed by atoms with Gasteiger partial charge in [-0.2, -0.15) is 0 Å². The van der Waals surface area contributed by atoms with Crippen molar-refractivity contribution in [1.29, 1.82) is 0 Å². The maximum Gasteiger partial charge on any atom is 0.232 e. The first-order valence-corrected chi connectivity index (χ1v) is 16.0. The Balaban J connectivity index is 1.46. The minimum Gasteiger partial charge on any atom is -0.493 e. The highest BCUT2D eigenvalue weighted by atomic mass is 35.5. The van der Waals surface area contributed by atoms with Crippen LogP contribution in [0.3, 0.4) is 0 Å². The summed E-state index contributed by atoms with van der Waals surface area (Å²) >= 11 is 6.28. The van der Waals surface area contributed by atoms with Gasteiger partial charge in [0.15, 0.2) is 11.5 Å². The summed E-state index contributed by atoms with van der Waals surface area (Å²) in [6, 6.07) is 20.7. The van der Waals surface area contributed by atoms with Gasteiger partial charge in [0.1, 0.15) is 0 Å². The Morgan fingerprint density at radius 3 is 2.21 bits per heavy atom. The summed E-state index contributed by atoms with van der Waals surface area (Å²) in [5, 5.41) is 0.662. The molecule has 1 atom stereocenters. The van der Waals surface area contributed by atoms with Gasteiger partial charge in [-0.15, -0.1) is 0 Å². The summed E-state index contributed by atoms with van der Waals surface area (Å²) in [4.78, 5) is 20.7. The Labute approximate surface area is 262 Å². The molecule has 5 rings (SSSR count). The van der Waals surface area contributed by atoms with Crippen LogP contribution < -0.4 is 19.3 Å². The third-order valence-corrected chi connectivity index (χ3v) is 9.29. The first kappa shape index (κ1) is 31.2. The summed E-state index contributed by atoms with van der Waals surface area (Å²) in [5.74, 6) is 2.08. The molecule has 1 fully saturated rings. The number of carbonyl (C=O) groups excluding carboxylic acids is 1. The van der Waals surface area contributed by atoms with Crippen molar-refractivity contribution in [3.63, 3.8) is 0 Å². The van der Waals surface area contributed by atoms with E-state index < -0.39 is 0 Å². The molecule has 43 heavy (non-hydrogen) atoms. The maximum atomic E-state index is 13.9. The SMILES string of the molecule is CCN(C[C@H]1CC[C@H](N(C)C)CC1)c1ccc(N2C(=O)Cc3cc(OC)c(OC(C)C)cc3[C@@H]2c2ccc(Cl)cc2)cc1. The van der Waals surface area contributed by atoms with Crippen LogP contribution in [0.2, 0.25) is 5.02 Å². The van der Waals surface area contributed by atoms with Crippen molar-refractivity contribution in [2.75, 3.05) is 44.1 Å². The number of ether oxygens (including phenoxy) is 2. The van der Waals surface area contributed by atoms with Crippen LogP contribution in [0.4, 0.5) is 11.4 Å². The van der Waals surface area contributed by atoms with Crippen molar-refractivity contribution in [1.82, 2.24) is 4.90 Å². The minimum atomic E-state index is -0.325. The Bertz CT molecular complexity index is 1380. The van der Waals surface area contributed by atoms with Crippen molar-refractivity contribution in [2.24, 2.45) is 5.92 Å². The van der Waals surface area contributed by atoms with Gasteiger partial charge in [0.2, 0.25) is 5.91 Å². The molecule has 2 aliphatic rings. The normalized spacial score (nSPS) is 20.3. The van der Waals surface area contributed by atoms with Gasteiger partial charge in [-0.3, -0.25) is 4.79 Å². The van der Waals surface area contributed by atoms with E-state index in [1.807, 2.05) is 55.1 Å². The molecular formula is C36H46ClN3O3. The Kier molecular flexibility index (Phi) is 9.88. The monoisotopic (exact) mass is 603 g/mol. The molecule has 0 aromatic heterocycles. The van der Waals surface area contributed by atoms with Gasteiger partial charge in [-0.05, 0) is 132 Å². The number of amides is 1. The number of halogens is 1. The van der Waals surface area contributed by atoms with Crippen molar-refractivity contribution in [3.05, 3.63) is 82.4 Å². The molecule has 3 aromatic rings. The molecule has 0 saturated heterocycles. The second-order valence-electron chi connectivity index (χ2n) is 12.5. The number of carbonyl (C=O) groups is 1. The van der Waals surface area contributed by atoms with Crippen LogP contribution in [-0.2, 0) is 11.2 Å². The third-order valence-electron chi connectivity index (χ3n) is 9.04. The predicted molar refractivity (Wildman–Crippen MR) is 177 cm³/mol. The molecule has 1 saturated carbocycles. The molecule has 0 unspecified atom stereocenters. The fraction of sp³-hybridized carbons (Fsp3) is 0.472. The molecule has 1 heterocycles. The molecule has 0 N–H and O–H groups in total. The summed E-state index contributed by atoms with van der Waals surface area (Å²) in [6.07, 6.45) is 5.36. The molecule has 1 amide bonds. The molecule has 7 heteroatoms. The van der Waals surface area contributed by atoms with E-state index in [4.69, 9.17) is 21.1 Å². The van der Waals surface area contributed by atoms with Crippen molar-refractivity contribution in [3.8, 4) is 11.5 Å². The molecule has 1 aliphatic heterocycles. The van der Waals surface area contributed by atoms with E-state index in [0.717, 1.165) is 35.5 Å². The van der Waals surface area contributed by atoms with Crippen LogP contribution in [-0.4, -0.2) is 57.2 Å². The average molecular weight is 604 g/mol. The Morgan fingerprint density at radius 2 is 1.63 bits per heavy atom. The van der Waals surface area contributed by atoms with E-state index in [-0.39, 0.29) is 24.5 Å². The summed E-state index contributed by atoms with van der Waals surface area (Å²) in [7, 11) is 6.03. The van der Waals surface area contributed by atoms with Gasteiger partial charge in [0, 0.05) is 35.5 Å².